The van der Waals surface area contributed by atoms with Gasteiger partial charge in [-0.2, -0.15) is 0 Å². The maximum atomic E-state index is 11.8. The third-order valence-electron chi connectivity index (χ3n) is 3.59. The van der Waals surface area contributed by atoms with E-state index in [1.807, 2.05) is 30.3 Å². The van der Waals surface area contributed by atoms with Gasteiger partial charge in [-0.05, 0) is 5.56 Å². The van der Waals surface area contributed by atoms with Crippen molar-refractivity contribution < 1.29 is 23.9 Å². The predicted molar refractivity (Wildman–Crippen MR) is 94.6 cm³/mol. The van der Waals surface area contributed by atoms with Gasteiger partial charge >= 0.3 is 5.97 Å². The van der Waals surface area contributed by atoms with Crippen LogP contribution in [0.2, 0.25) is 0 Å². The van der Waals surface area contributed by atoms with E-state index in [2.05, 4.69) is 10.1 Å². The van der Waals surface area contributed by atoms with Gasteiger partial charge in [0.25, 0.3) is 5.69 Å². The molecule has 8 heteroatoms. The van der Waals surface area contributed by atoms with Gasteiger partial charge in [0, 0.05) is 19.2 Å². The predicted octanol–water partition coefficient (Wildman–Crippen LogP) is 2.56. The summed E-state index contributed by atoms with van der Waals surface area (Å²) in [6.45, 7) is 1.53. The molecule has 1 N–H and O–H groups in total. The SMILES string of the molecule is COC(=O)c1cc(OCCNCc2ccccc2)c(OC)cc1[N+](=O)[O-]. The molecular weight excluding hydrogens is 340 g/mol. The summed E-state index contributed by atoms with van der Waals surface area (Å²) >= 11 is 0. The van der Waals surface area contributed by atoms with E-state index in [-0.39, 0.29) is 17.1 Å². The molecule has 0 radical (unpaired) electrons. The standard InChI is InChI=1S/C18H20N2O6/c1-24-16-11-15(20(22)23)14(18(21)25-2)10-17(16)26-9-8-19-12-13-6-4-3-5-7-13/h3-7,10-11,19H,8-9,12H2,1-2H3. The van der Waals surface area contributed by atoms with Crippen LogP contribution in [0.3, 0.4) is 0 Å². The van der Waals surface area contributed by atoms with Gasteiger partial charge in [-0.15, -0.1) is 0 Å². The van der Waals surface area contributed by atoms with Crippen molar-refractivity contribution in [2.24, 2.45) is 0 Å². The Labute approximate surface area is 150 Å². The lowest BCUT2D eigenvalue weighted by Gasteiger charge is -2.13. The number of rotatable bonds is 9. The zero-order valence-corrected chi connectivity index (χ0v) is 14.6. The van der Waals surface area contributed by atoms with E-state index >= 15 is 0 Å². The fourth-order valence-corrected chi connectivity index (χ4v) is 2.31. The molecule has 138 valence electrons. The van der Waals surface area contributed by atoms with Crippen molar-refractivity contribution >= 4 is 11.7 Å². The largest absolute Gasteiger partial charge is 0.493 e. The van der Waals surface area contributed by atoms with E-state index < -0.39 is 16.6 Å². The average Bonchev–Trinajstić information content (AvgIpc) is 2.67. The van der Waals surface area contributed by atoms with Gasteiger partial charge in [0.05, 0.1) is 25.2 Å². The topological polar surface area (TPSA) is 99.9 Å². The van der Waals surface area contributed by atoms with Crippen LogP contribution in [0.15, 0.2) is 42.5 Å². The number of nitrogens with zero attached hydrogens (tertiary/aromatic N) is 1. The molecule has 0 saturated heterocycles. The second kappa shape index (κ2) is 9.38. The van der Waals surface area contributed by atoms with Gasteiger partial charge in [0.15, 0.2) is 11.5 Å². The first-order valence-corrected chi connectivity index (χ1v) is 7.89. The number of benzene rings is 2. The minimum Gasteiger partial charge on any atom is -0.493 e. The molecule has 0 atom stereocenters. The number of hydrogen-bond acceptors (Lipinski definition) is 7. The Balaban J connectivity index is 2.03. The summed E-state index contributed by atoms with van der Waals surface area (Å²) < 4.78 is 15.3. The van der Waals surface area contributed by atoms with E-state index in [0.717, 1.165) is 18.7 Å². The van der Waals surface area contributed by atoms with Crippen molar-refractivity contribution in [2.75, 3.05) is 27.4 Å². The molecule has 26 heavy (non-hydrogen) atoms. The zero-order chi connectivity index (χ0) is 18.9. The Bertz CT molecular complexity index is 764. The van der Waals surface area contributed by atoms with Crippen LogP contribution in [0.5, 0.6) is 11.5 Å². The van der Waals surface area contributed by atoms with Crippen LogP contribution < -0.4 is 14.8 Å². The Kier molecular flexibility index (Phi) is 6.92. The average molecular weight is 360 g/mol. The van der Waals surface area contributed by atoms with E-state index in [9.17, 15) is 14.9 Å². The van der Waals surface area contributed by atoms with Crippen LogP contribution in [0, 0.1) is 10.1 Å². The van der Waals surface area contributed by atoms with E-state index in [0.29, 0.717) is 19.7 Å². The highest BCUT2D eigenvalue weighted by atomic mass is 16.6. The third kappa shape index (κ3) is 4.93. The molecule has 2 rings (SSSR count). The number of ether oxygens (including phenoxy) is 3. The van der Waals surface area contributed by atoms with Crippen LogP contribution in [-0.2, 0) is 11.3 Å². The summed E-state index contributed by atoms with van der Waals surface area (Å²) in [4.78, 5) is 22.3. The van der Waals surface area contributed by atoms with Crippen molar-refractivity contribution in [1.82, 2.24) is 5.32 Å². The van der Waals surface area contributed by atoms with Gasteiger partial charge in [-0.1, -0.05) is 30.3 Å². The Morgan fingerprint density at radius 3 is 2.50 bits per heavy atom. The second-order valence-corrected chi connectivity index (χ2v) is 5.28. The van der Waals surface area contributed by atoms with Crippen molar-refractivity contribution in [3.05, 3.63) is 63.7 Å². The molecule has 0 spiro atoms. The number of nitro groups is 1. The first-order valence-electron chi connectivity index (χ1n) is 7.89. The number of carbonyl (C=O) groups is 1. The molecule has 0 fully saturated rings. The highest BCUT2D eigenvalue weighted by molar-refractivity contribution is 5.94. The van der Waals surface area contributed by atoms with E-state index in [1.54, 1.807) is 0 Å². The molecule has 0 unspecified atom stereocenters. The van der Waals surface area contributed by atoms with Crippen molar-refractivity contribution in [2.45, 2.75) is 6.54 Å². The monoisotopic (exact) mass is 360 g/mol. The highest BCUT2D eigenvalue weighted by Crippen LogP contribution is 2.35. The smallest absolute Gasteiger partial charge is 0.345 e. The second-order valence-electron chi connectivity index (χ2n) is 5.28. The highest BCUT2D eigenvalue weighted by Gasteiger charge is 2.25. The molecule has 0 bridgehead atoms. The van der Waals surface area contributed by atoms with Gasteiger partial charge in [0.2, 0.25) is 0 Å². The molecule has 0 saturated carbocycles. The van der Waals surface area contributed by atoms with Gasteiger partial charge in [-0.3, -0.25) is 10.1 Å². The molecule has 0 heterocycles. The summed E-state index contributed by atoms with van der Waals surface area (Å²) in [6, 6.07) is 12.3. The van der Waals surface area contributed by atoms with Crippen LogP contribution in [-0.4, -0.2) is 38.3 Å². The fraction of sp³-hybridized carbons (Fsp3) is 0.278. The fourth-order valence-electron chi connectivity index (χ4n) is 2.31. The first-order chi connectivity index (χ1) is 12.6. The summed E-state index contributed by atoms with van der Waals surface area (Å²) in [5.74, 6) is -0.404. The number of methoxy groups -OCH3 is 2. The van der Waals surface area contributed by atoms with Gasteiger partial charge < -0.3 is 19.5 Å². The van der Waals surface area contributed by atoms with Crippen molar-refractivity contribution in [3.63, 3.8) is 0 Å². The number of nitrogens with one attached hydrogen (secondary N) is 1. The number of hydrogen-bond donors (Lipinski definition) is 1. The van der Waals surface area contributed by atoms with Gasteiger partial charge in [0.1, 0.15) is 12.2 Å². The van der Waals surface area contributed by atoms with Crippen LogP contribution in [0.4, 0.5) is 5.69 Å². The summed E-state index contributed by atoms with van der Waals surface area (Å²) in [5.41, 5.74) is 0.558. The summed E-state index contributed by atoms with van der Waals surface area (Å²) in [5, 5.41) is 14.4. The van der Waals surface area contributed by atoms with Gasteiger partial charge in [-0.25, -0.2) is 4.79 Å². The molecule has 0 aliphatic heterocycles. The minimum atomic E-state index is -0.814. The zero-order valence-electron chi connectivity index (χ0n) is 14.6. The number of esters is 1. The Morgan fingerprint density at radius 2 is 1.88 bits per heavy atom. The molecule has 0 aromatic heterocycles. The molecule has 2 aromatic carbocycles. The van der Waals surface area contributed by atoms with Crippen LogP contribution in [0.25, 0.3) is 0 Å². The van der Waals surface area contributed by atoms with E-state index in [4.69, 9.17) is 9.47 Å². The molecule has 8 nitrogen and oxygen atoms in total. The maximum absolute atomic E-state index is 11.8. The summed E-state index contributed by atoms with van der Waals surface area (Å²) in [7, 11) is 2.53. The minimum absolute atomic E-state index is 0.174. The number of carbonyl (C=O) groups excluding carboxylic acids is 1. The third-order valence-corrected chi connectivity index (χ3v) is 3.59. The normalized spacial score (nSPS) is 10.2. The van der Waals surface area contributed by atoms with Crippen LogP contribution >= 0.6 is 0 Å². The van der Waals surface area contributed by atoms with Crippen LogP contribution in [0.1, 0.15) is 15.9 Å². The number of nitro benzene ring substituents is 1. The Hall–Kier alpha value is -3.13. The maximum Gasteiger partial charge on any atom is 0.345 e. The van der Waals surface area contributed by atoms with E-state index in [1.165, 1.54) is 13.2 Å². The lowest BCUT2D eigenvalue weighted by Crippen LogP contribution is -2.20. The summed E-state index contributed by atoms with van der Waals surface area (Å²) in [6.07, 6.45) is 0. The molecular formula is C18H20N2O6. The lowest BCUT2D eigenvalue weighted by atomic mass is 10.1. The van der Waals surface area contributed by atoms with Crippen molar-refractivity contribution in [3.8, 4) is 11.5 Å². The lowest BCUT2D eigenvalue weighted by molar-refractivity contribution is -0.385. The molecule has 0 aliphatic rings. The quantitative estimate of drug-likeness (QED) is 0.317. The first kappa shape index (κ1) is 19.2. The molecule has 2 aromatic rings. The molecule has 0 aliphatic carbocycles. The van der Waals surface area contributed by atoms with Crippen molar-refractivity contribution in [1.29, 1.82) is 0 Å². The molecule has 0 amide bonds. The Morgan fingerprint density at radius 1 is 1.15 bits per heavy atom.